The molecule has 0 bridgehead atoms. The number of rotatable bonds is 6. The van der Waals surface area contributed by atoms with Gasteiger partial charge in [0.15, 0.2) is 0 Å². The smallest absolute Gasteiger partial charge is 0.0539 e. The van der Waals surface area contributed by atoms with Crippen molar-refractivity contribution in [3.05, 3.63) is 47.8 Å². The van der Waals surface area contributed by atoms with E-state index in [4.69, 9.17) is 0 Å². The molecule has 0 spiro atoms. The number of anilines is 1. The van der Waals surface area contributed by atoms with Crippen LogP contribution in [0, 0.1) is 0 Å². The van der Waals surface area contributed by atoms with E-state index in [2.05, 4.69) is 73.7 Å². The van der Waals surface area contributed by atoms with Crippen molar-refractivity contribution in [1.82, 2.24) is 14.7 Å². The molecule has 0 atom stereocenters. The van der Waals surface area contributed by atoms with Crippen molar-refractivity contribution in [2.24, 2.45) is 0 Å². The molecule has 2 aromatic rings. The minimum atomic E-state index is 0.411. The van der Waals surface area contributed by atoms with Crippen molar-refractivity contribution >= 4 is 5.69 Å². The van der Waals surface area contributed by atoms with E-state index in [0.717, 1.165) is 18.8 Å². The molecule has 0 aliphatic carbocycles. The van der Waals surface area contributed by atoms with Gasteiger partial charge in [0.25, 0.3) is 0 Å². The molecule has 1 aromatic carbocycles. The van der Waals surface area contributed by atoms with Crippen molar-refractivity contribution in [2.75, 3.05) is 19.4 Å². The number of aromatic nitrogens is 2. The van der Waals surface area contributed by atoms with Crippen LogP contribution in [0.4, 0.5) is 5.69 Å². The van der Waals surface area contributed by atoms with Crippen LogP contribution in [0.15, 0.2) is 36.7 Å². The van der Waals surface area contributed by atoms with Gasteiger partial charge in [0, 0.05) is 36.6 Å². The third-order valence-electron chi connectivity index (χ3n) is 3.13. The van der Waals surface area contributed by atoms with E-state index in [9.17, 15) is 0 Å². The number of hydrogen-bond donors (Lipinski definition) is 1. The first kappa shape index (κ1) is 14.6. The topological polar surface area (TPSA) is 33.1 Å². The Kier molecular flexibility index (Phi) is 4.79. The second kappa shape index (κ2) is 6.57. The molecule has 2 rings (SSSR count). The highest BCUT2D eigenvalue weighted by atomic mass is 15.3. The number of nitrogens with one attached hydrogen (secondary N) is 1. The molecule has 108 valence electrons. The predicted octanol–water partition coefficient (Wildman–Crippen LogP) is 3.14. The highest BCUT2D eigenvalue weighted by Crippen LogP contribution is 2.12. The van der Waals surface area contributed by atoms with Crippen molar-refractivity contribution in [3.8, 4) is 0 Å². The Morgan fingerprint density at radius 3 is 2.40 bits per heavy atom. The van der Waals surface area contributed by atoms with Crippen LogP contribution < -0.4 is 5.32 Å². The van der Waals surface area contributed by atoms with Crippen LogP contribution in [0.5, 0.6) is 0 Å². The van der Waals surface area contributed by atoms with Crippen molar-refractivity contribution in [3.63, 3.8) is 0 Å². The molecular weight excluding hydrogens is 248 g/mol. The molecule has 4 heteroatoms. The molecule has 20 heavy (non-hydrogen) atoms. The van der Waals surface area contributed by atoms with Crippen molar-refractivity contribution in [2.45, 2.75) is 33.0 Å². The second-order valence-corrected chi connectivity index (χ2v) is 5.71. The average molecular weight is 272 g/mol. The first-order chi connectivity index (χ1) is 9.54. The van der Waals surface area contributed by atoms with E-state index in [-0.39, 0.29) is 0 Å². The van der Waals surface area contributed by atoms with E-state index < -0.39 is 0 Å². The van der Waals surface area contributed by atoms with Gasteiger partial charge in [0.2, 0.25) is 0 Å². The third kappa shape index (κ3) is 4.10. The SMILES string of the molecule is CC(C)n1cc(CNc2ccc(CN(C)C)cc2)cn1. The van der Waals surface area contributed by atoms with Gasteiger partial charge < -0.3 is 10.2 Å². The van der Waals surface area contributed by atoms with Crippen LogP contribution in [-0.4, -0.2) is 28.8 Å². The van der Waals surface area contributed by atoms with Gasteiger partial charge in [-0.15, -0.1) is 0 Å². The van der Waals surface area contributed by atoms with Gasteiger partial charge in [-0.25, -0.2) is 0 Å². The fourth-order valence-electron chi connectivity index (χ4n) is 2.05. The largest absolute Gasteiger partial charge is 0.381 e. The zero-order valence-corrected chi connectivity index (χ0v) is 12.8. The lowest BCUT2D eigenvalue weighted by Crippen LogP contribution is -2.10. The Hall–Kier alpha value is -1.81. The number of hydrogen-bond acceptors (Lipinski definition) is 3. The predicted molar refractivity (Wildman–Crippen MR) is 83.8 cm³/mol. The standard InChI is InChI=1S/C16H24N4/c1-13(2)20-12-15(10-18-20)9-17-16-7-5-14(6-8-16)11-19(3)4/h5-8,10,12-13,17H,9,11H2,1-4H3. The molecule has 0 unspecified atom stereocenters. The molecule has 1 aromatic heterocycles. The summed E-state index contributed by atoms with van der Waals surface area (Å²) in [5.41, 5.74) is 3.68. The van der Waals surface area contributed by atoms with Gasteiger partial charge >= 0.3 is 0 Å². The number of benzene rings is 1. The minimum absolute atomic E-state index is 0.411. The summed E-state index contributed by atoms with van der Waals surface area (Å²) in [6.45, 7) is 6.04. The molecule has 4 nitrogen and oxygen atoms in total. The summed E-state index contributed by atoms with van der Waals surface area (Å²) < 4.78 is 1.98. The molecule has 1 heterocycles. The summed E-state index contributed by atoms with van der Waals surface area (Å²) in [5.74, 6) is 0. The Morgan fingerprint density at radius 2 is 1.85 bits per heavy atom. The molecule has 0 aliphatic heterocycles. The fourth-order valence-corrected chi connectivity index (χ4v) is 2.05. The highest BCUT2D eigenvalue weighted by molar-refractivity contribution is 5.45. The van der Waals surface area contributed by atoms with Gasteiger partial charge in [-0.3, -0.25) is 4.68 Å². The molecule has 0 saturated heterocycles. The van der Waals surface area contributed by atoms with E-state index in [1.807, 2.05) is 10.9 Å². The lowest BCUT2D eigenvalue weighted by molar-refractivity contribution is 0.402. The van der Waals surface area contributed by atoms with Crippen LogP contribution >= 0.6 is 0 Å². The summed E-state index contributed by atoms with van der Waals surface area (Å²) >= 11 is 0. The summed E-state index contributed by atoms with van der Waals surface area (Å²) in [7, 11) is 4.16. The molecule has 0 saturated carbocycles. The fraction of sp³-hybridized carbons (Fsp3) is 0.438. The summed E-state index contributed by atoms with van der Waals surface area (Å²) in [4.78, 5) is 2.17. The zero-order chi connectivity index (χ0) is 14.5. The minimum Gasteiger partial charge on any atom is -0.381 e. The quantitative estimate of drug-likeness (QED) is 0.877. The van der Waals surface area contributed by atoms with E-state index in [0.29, 0.717) is 6.04 Å². The first-order valence-electron chi connectivity index (χ1n) is 7.05. The Morgan fingerprint density at radius 1 is 1.15 bits per heavy atom. The monoisotopic (exact) mass is 272 g/mol. The molecule has 0 radical (unpaired) electrons. The first-order valence-corrected chi connectivity index (χ1v) is 7.05. The Balaban J connectivity index is 1.90. The van der Waals surface area contributed by atoms with Gasteiger partial charge in [0.05, 0.1) is 6.20 Å². The maximum absolute atomic E-state index is 4.35. The molecule has 1 N–H and O–H groups in total. The maximum Gasteiger partial charge on any atom is 0.0539 e. The van der Waals surface area contributed by atoms with Gasteiger partial charge in [0.1, 0.15) is 0 Å². The highest BCUT2D eigenvalue weighted by Gasteiger charge is 2.02. The van der Waals surface area contributed by atoms with Crippen LogP contribution in [0.25, 0.3) is 0 Å². The van der Waals surface area contributed by atoms with Gasteiger partial charge in [-0.05, 0) is 45.6 Å². The van der Waals surface area contributed by atoms with E-state index in [1.165, 1.54) is 11.1 Å². The molecular formula is C16H24N4. The number of nitrogens with zero attached hydrogens (tertiary/aromatic N) is 3. The van der Waals surface area contributed by atoms with Crippen LogP contribution in [0.1, 0.15) is 31.0 Å². The van der Waals surface area contributed by atoms with Crippen LogP contribution in [-0.2, 0) is 13.1 Å². The van der Waals surface area contributed by atoms with Crippen molar-refractivity contribution < 1.29 is 0 Å². The average Bonchev–Trinajstić information content (AvgIpc) is 2.86. The Bertz CT molecular complexity index is 526. The van der Waals surface area contributed by atoms with Crippen LogP contribution in [0.3, 0.4) is 0 Å². The summed E-state index contributed by atoms with van der Waals surface area (Å²) in [6, 6.07) is 9.01. The molecule has 0 aliphatic rings. The van der Waals surface area contributed by atoms with E-state index >= 15 is 0 Å². The zero-order valence-electron chi connectivity index (χ0n) is 12.8. The summed E-state index contributed by atoms with van der Waals surface area (Å²) in [6.07, 6.45) is 4.02. The van der Waals surface area contributed by atoms with Gasteiger partial charge in [-0.2, -0.15) is 5.10 Å². The van der Waals surface area contributed by atoms with Crippen LogP contribution in [0.2, 0.25) is 0 Å². The Labute approximate surface area is 121 Å². The summed E-state index contributed by atoms with van der Waals surface area (Å²) in [5, 5.41) is 7.77. The lowest BCUT2D eigenvalue weighted by Gasteiger charge is -2.10. The second-order valence-electron chi connectivity index (χ2n) is 5.71. The van der Waals surface area contributed by atoms with Crippen molar-refractivity contribution in [1.29, 1.82) is 0 Å². The molecule has 0 amide bonds. The van der Waals surface area contributed by atoms with E-state index in [1.54, 1.807) is 0 Å². The molecule has 0 fully saturated rings. The third-order valence-corrected chi connectivity index (χ3v) is 3.13. The normalized spacial score (nSPS) is 11.3. The van der Waals surface area contributed by atoms with Gasteiger partial charge in [-0.1, -0.05) is 12.1 Å². The lowest BCUT2D eigenvalue weighted by atomic mass is 10.2. The maximum atomic E-state index is 4.35.